The van der Waals surface area contributed by atoms with Crippen LogP contribution in [0.1, 0.15) is 29.6 Å². The largest absolute Gasteiger partial charge is 0.408 e. The highest BCUT2D eigenvalue weighted by atomic mass is 35.5. The van der Waals surface area contributed by atoms with Crippen molar-refractivity contribution in [1.82, 2.24) is 14.9 Å². The number of pyridine rings is 2. The summed E-state index contributed by atoms with van der Waals surface area (Å²) in [5, 5.41) is 12.0. The van der Waals surface area contributed by atoms with E-state index in [0.717, 1.165) is 6.20 Å². The topological polar surface area (TPSA) is 105 Å². The van der Waals surface area contributed by atoms with E-state index in [9.17, 15) is 32.7 Å². The van der Waals surface area contributed by atoms with E-state index in [1.165, 1.54) is 21.6 Å². The van der Waals surface area contributed by atoms with Gasteiger partial charge < -0.3 is 10.4 Å². The van der Waals surface area contributed by atoms with Gasteiger partial charge in [0.2, 0.25) is 11.3 Å². The van der Waals surface area contributed by atoms with Crippen LogP contribution in [0.15, 0.2) is 47.4 Å². The molecule has 1 aliphatic heterocycles. The van der Waals surface area contributed by atoms with E-state index in [0.29, 0.717) is 18.5 Å². The van der Waals surface area contributed by atoms with Crippen molar-refractivity contribution < 1.29 is 27.9 Å². The van der Waals surface area contributed by atoms with Crippen molar-refractivity contribution in [3.63, 3.8) is 0 Å². The molecule has 1 unspecified atom stereocenters. The smallest absolute Gasteiger partial charge is 0.391 e. The molecule has 0 radical (unpaired) electrons. The maximum absolute atomic E-state index is 13.5. The molecule has 8 nitrogen and oxygen atoms in total. The number of hydrogen-bond donors (Lipinski definition) is 2. The van der Waals surface area contributed by atoms with E-state index in [2.05, 4.69) is 4.98 Å². The van der Waals surface area contributed by atoms with Crippen molar-refractivity contribution >= 4 is 40.3 Å². The van der Waals surface area contributed by atoms with Gasteiger partial charge in [-0.3, -0.25) is 23.9 Å². The van der Waals surface area contributed by atoms with Crippen molar-refractivity contribution in [3.05, 3.63) is 63.4 Å². The summed E-state index contributed by atoms with van der Waals surface area (Å²) in [5.41, 5.74) is -0.940. The lowest BCUT2D eigenvalue weighted by atomic mass is 10.1. The highest BCUT2D eigenvalue weighted by Gasteiger charge is 2.50. The lowest BCUT2D eigenvalue weighted by molar-refractivity contribution is -0.158. The number of benzene rings is 1. The summed E-state index contributed by atoms with van der Waals surface area (Å²) in [6.45, 7) is 0.0220. The van der Waals surface area contributed by atoms with E-state index in [-0.39, 0.29) is 40.7 Å². The number of hydrogen-bond acceptors (Lipinski definition) is 5. The van der Waals surface area contributed by atoms with Crippen LogP contribution in [0.4, 0.5) is 19.0 Å². The Hall–Kier alpha value is -3.44. The number of para-hydroxylation sites is 1. The Labute approximate surface area is 207 Å². The molecule has 2 aromatic heterocycles. The quantitative estimate of drug-likeness (QED) is 0.537. The molecule has 3 heterocycles. The highest BCUT2D eigenvalue weighted by molar-refractivity contribution is 6.32. The Balaban J connectivity index is 1.66. The summed E-state index contributed by atoms with van der Waals surface area (Å²) in [4.78, 5) is 44.2. The van der Waals surface area contributed by atoms with Crippen molar-refractivity contribution in [1.29, 1.82) is 0 Å². The molecular weight excluding hydrogens is 501 g/mol. The number of anilines is 1. The zero-order valence-corrected chi connectivity index (χ0v) is 19.4. The third-order valence-corrected chi connectivity index (χ3v) is 6.63. The molecule has 0 spiro atoms. The number of amides is 2. The molecule has 188 valence electrons. The van der Waals surface area contributed by atoms with Crippen LogP contribution in [0.3, 0.4) is 0 Å². The van der Waals surface area contributed by atoms with Gasteiger partial charge in [-0.15, -0.1) is 0 Å². The molecule has 2 fully saturated rings. The number of carbonyl (C=O) groups is 2. The number of aliphatic hydroxyl groups is 1. The Morgan fingerprint density at radius 2 is 1.89 bits per heavy atom. The number of aromatic nitrogens is 2. The number of rotatable bonds is 5. The number of β-amino-alcohol motifs (C(OH)–C–C–N with tert-alkyl or cyclic N) is 1. The molecule has 36 heavy (non-hydrogen) atoms. The molecule has 2 N–H and O–H groups in total. The van der Waals surface area contributed by atoms with Crippen LogP contribution in [-0.2, 0) is 4.79 Å². The fraction of sp³-hybridized carbons (Fsp3) is 0.333. The summed E-state index contributed by atoms with van der Waals surface area (Å²) in [6, 6.07) is 7.17. The first-order chi connectivity index (χ1) is 17.0. The minimum Gasteiger partial charge on any atom is -0.391 e. The molecule has 2 amide bonds. The number of nitrogens with zero attached hydrogens (tertiary/aromatic N) is 3. The second kappa shape index (κ2) is 8.90. The number of nitrogens with one attached hydrogen (secondary N) is 1. The van der Waals surface area contributed by atoms with Crippen LogP contribution in [0.2, 0.25) is 5.02 Å². The minimum absolute atomic E-state index is 0.0220. The van der Waals surface area contributed by atoms with Crippen LogP contribution in [0.25, 0.3) is 16.7 Å². The molecule has 1 aliphatic carbocycles. The van der Waals surface area contributed by atoms with Gasteiger partial charge in [0, 0.05) is 6.20 Å². The third-order valence-electron chi connectivity index (χ3n) is 6.31. The highest BCUT2D eigenvalue weighted by Crippen LogP contribution is 2.40. The number of halogens is 4. The summed E-state index contributed by atoms with van der Waals surface area (Å²) >= 11 is 6.36. The Morgan fingerprint density at radius 1 is 1.17 bits per heavy atom. The third kappa shape index (κ3) is 4.44. The average Bonchev–Trinajstić information content (AvgIpc) is 3.60. The van der Waals surface area contributed by atoms with Gasteiger partial charge in [-0.1, -0.05) is 23.7 Å². The van der Waals surface area contributed by atoms with Gasteiger partial charge in [-0.2, -0.15) is 13.2 Å². The first-order valence-electron chi connectivity index (χ1n) is 11.2. The van der Waals surface area contributed by atoms with Crippen LogP contribution in [-0.4, -0.2) is 51.3 Å². The molecule has 1 aromatic carbocycles. The zero-order chi connectivity index (χ0) is 25.8. The first kappa shape index (κ1) is 24.3. The fourth-order valence-electron chi connectivity index (χ4n) is 4.36. The van der Waals surface area contributed by atoms with Gasteiger partial charge >= 0.3 is 6.18 Å². The predicted molar refractivity (Wildman–Crippen MR) is 125 cm³/mol. The van der Waals surface area contributed by atoms with Crippen LogP contribution in [0, 0.1) is 5.92 Å². The number of carbonyl (C=O) groups excluding carboxylic acids is 2. The van der Waals surface area contributed by atoms with Gasteiger partial charge in [-0.05, 0) is 43.0 Å². The predicted octanol–water partition coefficient (Wildman–Crippen LogP) is 3.21. The Bertz CT molecular complexity index is 1440. The van der Waals surface area contributed by atoms with Crippen molar-refractivity contribution in [2.75, 3.05) is 11.4 Å². The van der Waals surface area contributed by atoms with Crippen LogP contribution in [0.5, 0.6) is 0 Å². The van der Waals surface area contributed by atoms with Gasteiger partial charge in [0.05, 0.1) is 35.2 Å². The maximum Gasteiger partial charge on any atom is 0.408 e. The Morgan fingerprint density at radius 3 is 2.50 bits per heavy atom. The van der Waals surface area contributed by atoms with Crippen LogP contribution < -0.4 is 15.6 Å². The number of alkyl halides is 3. The van der Waals surface area contributed by atoms with E-state index in [1.807, 2.05) is 5.32 Å². The molecule has 0 bridgehead atoms. The summed E-state index contributed by atoms with van der Waals surface area (Å²) in [5.74, 6) is -2.06. The monoisotopic (exact) mass is 520 g/mol. The fourth-order valence-corrected chi connectivity index (χ4v) is 4.59. The second-order valence-electron chi connectivity index (χ2n) is 8.93. The first-order valence-corrected chi connectivity index (χ1v) is 11.6. The number of aliphatic hydroxyl groups excluding tert-OH is 1. The van der Waals surface area contributed by atoms with Crippen LogP contribution >= 0.6 is 11.6 Å². The van der Waals surface area contributed by atoms with Gasteiger partial charge in [0.25, 0.3) is 5.91 Å². The summed E-state index contributed by atoms with van der Waals surface area (Å²) in [7, 11) is 0. The molecular formula is C24H20ClF3N4O4. The Kier molecular flexibility index (Phi) is 6.00. The standard InChI is InChI=1S/C24H20ClF3N4O4/c25-16-3-1-2-4-17(16)31-11-15(23(36)30-21(12-5-6-12)24(26,27)28)20(35)14-7-8-18(29-22(14)31)32-10-13(33)9-19(32)34/h1-4,7-8,11-13,21,33H,5-6,9-10H2,(H,30,36)/t13-,21?/m0/s1. The lowest BCUT2D eigenvalue weighted by Crippen LogP contribution is -2.48. The molecule has 5 rings (SSSR count). The molecule has 3 aromatic rings. The molecule has 2 atom stereocenters. The summed E-state index contributed by atoms with van der Waals surface area (Å²) in [6.07, 6.45) is -3.81. The van der Waals surface area contributed by atoms with Crippen molar-refractivity contribution in [2.45, 2.75) is 37.6 Å². The van der Waals surface area contributed by atoms with E-state index >= 15 is 0 Å². The minimum atomic E-state index is -4.65. The van der Waals surface area contributed by atoms with Crippen molar-refractivity contribution in [3.8, 4) is 5.69 Å². The average molecular weight is 521 g/mol. The molecule has 2 aliphatic rings. The van der Waals surface area contributed by atoms with Gasteiger partial charge in [0.15, 0.2) is 5.65 Å². The summed E-state index contributed by atoms with van der Waals surface area (Å²) < 4.78 is 41.9. The lowest BCUT2D eigenvalue weighted by Gasteiger charge is -2.22. The normalized spacial score (nSPS) is 19.1. The SMILES string of the molecule is O=C(NC(C1CC1)C(F)(F)F)c1cn(-c2ccccc2Cl)c2nc(N3C[C@@H](O)CC3=O)ccc2c1=O. The van der Waals surface area contributed by atoms with E-state index in [1.54, 1.807) is 24.3 Å². The van der Waals surface area contributed by atoms with Gasteiger partial charge in [-0.25, -0.2) is 4.98 Å². The maximum atomic E-state index is 13.5. The van der Waals surface area contributed by atoms with Gasteiger partial charge in [0.1, 0.15) is 17.4 Å². The van der Waals surface area contributed by atoms with E-state index < -0.39 is 41.1 Å². The second-order valence-corrected chi connectivity index (χ2v) is 9.33. The molecule has 1 saturated carbocycles. The number of fused-ring (bicyclic) bond motifs is 1. The zero-order valence-electron chi connectivity index (χ0n) is 18.6. The van der Waals surface area contributed by atoms with E-state index in [4.69, 9.17) is 11.6 Å². The molecule has 12 heteroatoms. The molecule has 1 saturated heterocycles. The van der Waals surface area contributed by atoms with Crippen molar-refractivity contribution in [2.24, 2.45) is 5.92 Å².